The molecule has 1 aliphatic rings. The first-order valence-corrected chi connectivity index (χ1v) is 6.75. The van der Waals surface area contributed by atoms with Crippen LogP contribution in [0.4, 0.5) is 4.39 Å². The van der Waals surface area contributed by atoms with E-state index in [0.29, 0.717) is 30.4 Å². The summed E-state index contributed by atoms with van der Waals surface area (Å²) in [4.78, 5) is 24.6. The smallest absolute Gasteiger partial charge is 0.306 e. The zero-order valence-electron chi connectivity index (χ0n) is 10.1. The van der Waals surface area contributed by atoms with Crippen LogP contribution >= 0.6 is 15.9 Å². The molecular formula is C13H13BrFNO3. The number of carbonyl (C=O) groups excluding carboxylic acids is 1. The summed E-state index contributed by atoms with van der Waals surface area (Å²) in [6.45, 7) is 0.775. The molecule has 2 rings (SSSR count). The van der Waals surface area contributed by atoms with Crippen molar-refractivity contribution in [2.45, 2.75) is 12.8 Å². The van der Waals surface area contributed by atoms with Gasteiger partial charge in [-0.3, -0.25) is 9.59 Å². The summed E-state index contributed by atoms with van der Waals surface area (Å²) in [5.74, 6) is -1.94. The molecule has 0 radical (unpaired) electrons. The topological polar surface area (TPSA) is 57.6 Å². The first-order valence-electron chi connectivity index (χ1n) is 5.96. The van der Waals surface area contributed by atoms with Crippen molar-refractivity contribution in [3.05, 3.63) is 34.1 Å². The van der Waals surface area contributed by atoms with Gasteiger partial charge < -0.3 is 10.0 Å². The molecule has 19 heavy (non-hydrogen) atoms. The zero-order chi connectivity index (χ0) is 14.0. The fourth-order valence-corrected chi connectivity index (χ4v) is 2.58. The summed E-state index contributed by atoms with van der Waals surface area (Å²) >= 11 is 3.22. The summed E-state index contributed by atoms with van der Waals surface area (Å²) < 4.78 is 13.7. The summed E-state index contributed by atoms with van der Waals surface area (Å²) in [5, 5.41) is 8.90. The van der Waals surface area contributed by atoms with E-state index in [1.165, 1.54) is 18.2 Å². The third-order valence-electron chi connectivity index (χ3n) is 3.29. The first kappa shape index (κ1) is 14.0. The Hall–Kier alpha value is -1.43. The molecule has 1 amide bonds. The van der Waals surface area contributed by atoms with Gasteiger partial charge in [0.1, 0.15) is 5.82 Å². The van der Waals surface area contributed by atoms with Crippen LogP contribution in [0.3, 0.4) is 0 Å². The quantitative estimate of drug-likeness (QED) is 0.907. The Bertz CT molecular complexity index is 513. The Morgan fingerprint density at radius 2 is 1.95 bits per heavy atom. The SMILES string of the molecule is O=C(O)C1CCN(C(=O)c2cc(F)ccc2Br)CC1. The van der Waals surface area contributed by atoms with E-state index in [9.17, 15) is 14.0 Å². The number of halogens is 2. The van der Waals surface area contributed by atoms with Gasteiger partial charge in [0.25, 0.3) is 5.91 Å². The highest BCUT2D eigenvalue weighted by molar-refractivity contribution is 9.10. The molecule has 0 bridgehead atoms. The lowest BCUT2D eigenvalue weighted by molar-refractivity contribution is -0.143. The van der Waals surface area contributed by atoms with E-state index in [-0.39, 0.29) is 17.4 Å². The molecule has 1 saturated heterocycles. The van der Waals surface area contributed by atoms with Crippen molar-refractivity contribution < 1.29 is 19.1 Å². The second-order valence-corrected chi connectivity index (χ2v) is 5.38. The standard InChI is InChI=1S/C13H13BrFNO3/c14-11-2-1-9(15)7-10(11)12(17)16-5-3-8(4-6-16)13(18)19/h1-2,7-8H,3-6H2,(H,18,19). The predicted octanol–water partition coefficient (Wildman–Crippen LogP) is 2.53. The van der Waals surface area contributed by atoms with E-state index >= 15 is 0 Å². The van der Waals surface area contributed by atoms with Crippen molar-refractivity contribution in [2.24, 2.45) is 5.92 Å². The summed E-state index contributed by atoms with van der Waals surface area (Å²) in [5.41, 5.74) is 0.272. The van der Waals surface area contributed by atoms with E-state index in [2.05, 4.69) is 15.9 Å². The van der Waals surface area contributed by atoms with Gasteiger partial charge in [-0.2, -0.15) is 0 Å². The van der Waals surface area contributed by atoms with E-state index in [4.69, 9.17) is 5.11 Å². The number of nitrogens with zero attached hydrogens (tertiary/aromatic N) is 1. The van der Waals surface area contributed by atoms with Crippen molar-refractivity contribution in [1.82, 2.24) is 4.90 Å². The highest BCUT2D eigenvalue weighted by atomic mass is 79.9. The van der Waals surface area contributed by atoms with Crippen molar-refractivity contribution in [1.29, 1.82) is 0 Å². The minimum atomic E-state index is -0.820. The van der Waals surface area contributed by atoms with E-state index in [1.807, 2.05) is 0 Å². The van der Waals surface area contributed by atoms with Crippen LogP contribution in [-0.2, 0) is 4.79 Å². The third-order valence-corrected chi connectivity index (χ3v) is 3.98. The van der Waals surface area contributed by atoms with Gasteiger partial charge in [0.05, 0.1) is 11.5 Å². The number of carboxylic acids is 1. The van der Waals surface area contributed by atoms with Gasteiger partial charge in [-0.15, -0.1) is 0 Å². The predicted molar refractivity (Wildman–Crippen MR) is 70.4 cm³/mol. The molecule has 0 saturated carbocycles. The number of amides is 1. The third kappa shape index (κ3) is 3.12. The second-order valence-electron chi connectivity index (χ2n) is 4.53. The summed E-state index contributed by atoms with van der Waals surface area (Å²) in [6.07, 6.45) is 0.877. The van der Waals surface area contributed by atoms with E-state index in [0.717, 1.165) is 0 Å². The molecule has 4 nitrogen and oxygen atoms in total. The molecule has 1 heterocycles. The molecule has 0 aliphatic carbocycles. The molecule has 1 aliphatic heterocycles. The van der Waals surface area contributed by atoms with Gasteiger partial charge in [-0.25, -0.2) is 4.39 Å². The van der Waals surface area contributed by atoms with Crippen LogP contribution in [0, 0.1) is 11.7 Å². The summed E-state index contributed by atoms with van der Waals surface area (Å²) in [7, 11) is 0. The van der Waals surface area contributed by atoms with Crippen molar-refractivity contribution in [3.8, 4) is 0 Å². The van der Waals surface area contributed by atoms with Crippen LogP contribution in [0.2, 0.25) is 0 Å². The first-order chi connectivity index (χ1) is 8.99. The van der Waals surface area contributed by atoms with Gasteiger partial charge in [0.2, 0.25) is 0 Å². The number of likely N-dealkylation sites (tertiary alicyclic amines) is 1. The Morgan fingerprint density at radius 3 is 2.53 bits per heavy atom. The van der Waals surface area contributed by atoms with Crippen LogP contribution in [0.5, 0.6) is 0 Å². The molecule has 0 atom stereocenters. The van der Waals surface area contributed by atoms with Crippen LogP contribution in [0.1, 0.15) is 23.2 Å². The van der Waals surface area contributed by atoms with Gasteiger partial charge in [0, 0.05) is 17.6 Å². The Balaban J connectivity index is 2.09. The van der Waals surface area contributed by atoms with Crippen molar-refractivity contribution in [2.75, 3.05) is 13.1 Å². The molecule has 1 fully saturated rings. The van der Waals surface area contributed by atoms with Crippen LogP contribution in [0.15, 0.2) is 22.7 Å². The van der Waals surface area contributed by atoms with Gasteiger partial charge in [-0.1, -0.05) is 0 Å². The molecule has 1 aromatic rings. The van der Waals surface area contributed by atoms with Gasteiger partial charge >= 0.3 is 5.97 Å². The summed E-state index contributed by atoms with van der Waals surface area (Å²) in [6, 6.07) is 3.96. The number of rotatable bonds is 2. The minimum absolute atomic E-state index is 0.268. The lowest BCUT2D eigenvalue weighted by Gasteiger charge is -2.30. The van der Waals surface area contributed by atoms with E-state index in [1.54, 1.807) is 4.90 Å². The highest BCUT2D eigenvalue weighted by Crippen LogP contribution is 2.23. The average molecular weight is 330 g/mol. The number of aliphatic carboxylic acids is 1. The van der Waals surface area contributed by atoms with Crippen molar-refractivity contribution in [3.63, 3.8) is 0 Å². The molecule has 0 unspecified atom stereocenters. The number of hydrogen-bond acceptors (Lipinski definition) is 2. The van der Waals surface area contributed by atoms with Crippen LogP contribution in [0.25, 0.3) is 0 Å². The lowest BCUT2D eigenvalue weighted by atomic mass is 9.96. The molecule has 6 heteroatoms. The second kappa shape index (κ2) is 5.69. The maximum Gasteiger partial charge on any atom is 0.306 e. The Morgan fingerprint density at radius 1 is 1.32 bits per heavy atom. The maximum atomic E-state index is 13.2. The normalized spacial score (nSPS) is 16.4. The monoisotopic (exact) mass is 329 g/mol. The minimum Gasteiger partial charge on any atom is -0.481 e. The average Bonchev–Trinajstić information content (AvgIpc) is 2.41. The fraction of sp³-hybridized carbons (Fsp3) is 0.385. The molecule has 0 aromatic heterocycles. The molecule has 1 N–H and O–H groups in total. The zero-order valence-corrected chi connectivity index (χ0v) is 11.7. The molecule has 0 spiro atoms. The number of benzene rings is 1. The number of piperidine rings is 1. The lowest BCUT2D eigenvalue weighted by Crippen LogP contribution is -2.40. The van der Waals surface area contributed by atoms with Gasteiger partial charge in [-0.05, 0) is 47.0 Å². The van der Waals surface area contributed by atoms with E-state index < -0.39 is 11.8 Å². The number of carbonyl (C=O) groups is 2. The Kier molecular flexibility index (Phi) is 4.19. The maximum absolute atomic E-state index is 13.2. The van der Waals surface area contributed by atoms with Crippen LogP contribution in [-0.4, -0.2) is 35.0 Å². The number of hydrogen-bond donors (Lipinski definition) is 1. The molecule has 1 aromatic carbocycles. The largest absolute Gasteiger partial charge is 0.481 e. The number of carboxylic acid groups (broad SMARTS) is 1. The Labute approximate surface area is 118 Å². The molecule has 102 valence electrons. The van der Waals surface area contributed by atoms with Crippen molar-refractivity contribution >= 4 is 27.8 Å². The van der Waals surface area contributed by atoms with Gasteiger partial charge in [0.15, 0.2) is 0 Å². The highest BCUT2D eigenvalue weighted by Gasteiger charge is 2.28. The fourth-order valence-electron chi connectivity index (χ4n) is 2.16. The van der Waals surface area contributed by atoms with Crippen LogP contribution < -0.4 is 0 Å². The molecular weight excluding hydrogens is 317 g/mol.